The van der Waals surface area contributed by atoms with Gasteiger partial charge in [-0.2, -0.15) is 0 Å². The van der Waals surface area contributed by atoms with Gasteiger partial charge in [-0.3, -0.25) is 9.59 Å². The molecule has 0 bridgehead atoms. The first-order valence-corrected chi connectivity index (χ1v) is 15.9. The number of rotatable bonds is 27. The molecule has 1 unspecified atom stereocenters. The maximum Gasteiger partial charge on any atom is 0.306 e. The molecule has 1 atom stereocenters. The minimum Gasteiger partial charge on any atom is -0.462 e. The predicted octanol–water partition coefficient (Wildman–Crippen LogP) is 9.28. The van der Waals surface area contributed by atoms with Gasteiger partial charge in [-0.1, -0.05) is 152 Å². The van der Waals surface area contributed by atoms with E-state index < -0.39 is 6.10 Å². The van der Waals surface area contributed by atoms with Gasteiger partial charge in [-0.05, 0) is 25.7 Å². The zero-order valence-electron chi connectivity index (χ0n) is 25.6. The Hall–Kier alpha value is -2.40. The summed E-state index contributed by atoms with van der Waals surface area (Å²) >= 11 is 0. The van der Waals surface area contributed by atoms with Crippen LogP contribution in [0, 0.1) is 0 Å². The molecule has 0 spiro atoms. The first-order valence-electron chi connectivity index (χ1n) is 15.9. The van der Waals surface area contributed by atoms with Crippen LogP contribution in [-0.4, -0.2) is 36.4 Å². The van der Waals surface area contributed by atoms with E-state index in [1.807, 2.05) is 54.7 Å². The van der Waals surface area contributed by atoms with Gasteiger partial charge in [0, 0.05) is 12.8 Å². The number of ether oxygens (including phenoxy) is 2. The van der Waals surface area contributed by atoms with E-state index in [2.05, 4.69) is 19.9 Å². The lowest BCUT2D eigenvalue weighted by molar-refractivity contribution is -0.161. The highest BCUT2D eigenvalue weighted by Crippen LogP contribution is 2.13. The molecule has 0 aromatic rings. The molecule has 0 heterocycles. The van der Waals surface area contributed by atoms with Crippen LogP contribution >= 0.6 is 0 Å². The predicted molar refractivity (Wildman–Crippen MR) is 168 cm³/mol. The zero-order valence-corrected chi connectivity index (χ0v) is 25.6. The standard InChI is InChI=1S/C35H58O5/c1-3-5-7-9-11-13-15-17-19-21-23-25-27-29-34(37)39-32-33(31-36)40-35(38)30-28-26-24-22-20-18-16-14-12-10-8-6-4-2/h5,7,9,11,13,15,17,19,21,23,33,36H,3-4,6,8,10,12,14,16,18,20,22,24-32H2,1-2H3/b7-5+,11-9+,15-13+,19-17+,23-21+. The first kappa shape index (κ1) is 37.6. The normalized spacial score (nSPS) is 13.0. The van der Waals surface area contributed by atoms with Gasteiger partial charge >= 0.3 is 11.9 Å². The Balaban J connectivity index is 3.74. The topological polar surface area (TPSA) is 72.8 Å². The van der Waals surface area contributed by atoms with Crippen molar-refractivity contribution in [2.45, 2.75) is 136 Å². The Bertz CT molecular complexity index is 732. The Labute approximate surface area is 245 Å². The average Bonchev–Trinajstić information content (AvgIpc) is 2.96. The smallest absolute Gasteiger partial charge is 0.306 e. The van der Waals surface area contributed by atoms with Crippen LogP contribution in [0.2, 0.25) is 0 Å². The summed E-state index contributed by atoms with van der Waals surface area (Å²) in [5.41, 5.74) is 0. The number of carbonyl (C=O) groups is 2. The lowest BCUT2D eigenvalue weighted by Crippen LogP contribution is -2.28. The number of hydrogen-bond donors (Lipinski definition) is 1. The molecule has 5 nitrogen and oxygen atoms in total. The third-order valence-corrected chi connectivity index (χ3v) is 6.45. The Morgan fingerprint density at radius 2 is 1.07 bits per heavy atom. The molecule has 0 fully saturated rings. The molecule has 0 radical (unpaired) electrons. The van der Waals surface area contributed by atoms with Crippen molar-refractivity contribution in [1.29, 1.82) is 0 Å². The van der Waals surface area contributed by atoms with E-state index >= 15 is 0 Å². The van der Waals surface area contributed by atoms with Gasteiger partial charge in [0.05, 0.1) is 6.61 Å². The van der Waals surface area contributed by atoms with Crippen LogP contribution in [-0.2, 0) is 19.1 Å². The van der Waals surface area contributed by atoms with Gasteiger partial charge < -0.3 is 14.6 Å². The Morgan fingerprint density at radius 3 is 1.60 bits per heavy atom. The van der Waals surface area contributed by atoms with E-state index in [0.717, 1.165) is 32.1 Å². The second-order valence-electron chi connectivity index (χ2n) is 10.3. The number of hydrogen-bond acceptors (Lipinski definition) is 5. The van der Waals surface area contributed by atoms with Crippen LogP contribution in [0.3, 0.4) is 0 Å². The van der Waals surface area contributed by atoms with Gasteiger partial charge in [-0.25, -0.2) is 0 Å². The lowest BCUT2D eigenvalue weighted by atomic mass is 10.0. The molecule has 1 N–H and O–H groups in total. The van der Waals surface area contributed by atoms with Crippen LogP contribution in [0.15, 0.2) is 60.8 Å². The molecule has 5 heteroatoms. The van der Waals surface area contributed by atoms with Crippen molar-refractivity contribution >= 4 is 11.9 Å². The van der Waals surface area contributed by atoms with Crippen molar-refractivity contribution in [1.82, 2.24) is 0 Å². The highest BCUT2D eigenvalue weighted by molar-refractivity contribution is 5.70. The third-order valence-electron chi connectivity index (χ3n) is 6.45. The molecule has 0 aliphatic heterocycles. The second kappa shape index (κ2) is 31.1. The van der Waals surface area contributed by atoms with Gasteiger partial charge in [0.2, 0.25) is 0 Å². The van der Waals surface area contributed by atoms with E-state index in [0.29, 0.717) is 12.8 Å². The summed E-state index contributed by atoms with van der Waals surface area (Å²) in [5, 5.41) is 9.48. The highest BCUT2D eigenvalue weighted by atomic mass is 16.6. The van der Waals surface area contributed by atoms with E-state index in [9.17, 15) is 14.7 Å². The van der Waals surface area contributed by atoms with Crippen LogP contribution in [0.25, 0.3) is 0 Å². The fourth-order valence-electron chi connectivity index (χ4n) is 4.05. The molecular formula is C35H58O5. The van der Waals surface area contributed by atoms with Crippen molar-refractivity contribution < 1.29 is 24.2 Å². The molecule has 0 amide bonds. The van der Waals surface area contributed by atoms with Gasteiger partial charge in [0.15, 0.2) is 6.10 Å². The SMILES string of the molecule is CC/C=C/C=C/C=C/C=C/C=C/CCCC(=O)OCC(CO)OC(=O)CCCCCCCCCCCCCCC. The van der Waals surface area contributed by atoms with Crippen molar-refractivity contribution in [3.05, 3.63) is 60.8 Å². The van der Waals surface area contributed by atoms with E-state index in [1.165, 1.54) is 64.2 Å². The van der Waals surface area contributed by atoms with Crippen molar-refractivity contribution in [2.24, 2.45) is 0 Å². The van der Waals surface area contributed by atoms with E-state index in [1.54, 1.807) is 0 Å². The number of esters is 2. The number of unbranched alkanes of at least 4 members (excludes halogenated alkanes) is 13. The summed E-state index contributed by atoms with van der Waals surface area (Å²) in [6, 6.07) is 0. The quantitative estimate of drug-likeness (QED) is 0.0618. The highest BCUT2D eigenvalue weighted by Gasteiger charge is 2.15. The fourth-order valence-corrected chi connectivity index (χ4v) is 4.05. The van der Waals surface area contributed by atoms with Crippen LogP contribution in [0.1, 0.15) is 129 Å². The zero-order chi connectivity index (χ0) is 29.4. The maximum absolute atomic E-state index is 12.1. The Kier molecular flexibility index (Phi) is 29.3. The van der Waals surface area contributed by atoms with Gasteiger partial charge in [-0.15, -0.1) is 0 Å². The largest absolute Gasteiger partial charge is 0.462 e. The van der Waals surface area contributed by atoms with E-state index in [-0.39, 0.29) is 31.6 Å². The summed E-state index contributed by atoms with van der Waals surface area (Å²) in [6.07, 6.45) is 38.5. The van der Waals surface area contributed by atoms with E-state index in [4.69, 9.17) is 9.47 Å². The monoisotopic (exact) mass is 558 g/mol. The van der Waals surface area contributed by atoms with Crippen molar-refractivity contribution in [3.63, 3.8) is 0 Å². The molecule has 0 saturated heterocycles. The summed E-state index contributed by atoms with van der Waals surface area (Å²) < 4.78 is 10.5. The lowest BCUT2D eigenvalue weighted by Gasteiger charge is -2.15. The van der Waals surface area contributed by atoms with Gasteiger partial charge in [0.25, 0.3) is 0 Å². The van der Waals surface area contributed by atoms with Gasteiger partial charge in [0.1, 0.15) is 6.61 Å². The summed E-state index contributed by atoms with van der Waals surface area (Å²) in [7, 11) is 0. The molecule has 0 aromatic carbocycles. The molecule has 40 heavy (non-hydrogen) atoms. The molecule has 228 valence electrons. The summed E-state index contributed by atoms with van der Waals surface area (Å²) in [6.45, 7) is 3.90. The number of aliphatic hydroxyl groups is 1. The average molecular weight is 559 g/mol. The van der Waals surface area contributed by atoms with Crippen molar-refractivity contribution in [3.8, 4) is 0 Å². The number of carbonyl (C=O) groups excluding carboxylic acids is 2. The van der Waals surface area contributed by atoms with Crippen LogP contribution in [0.5, 0.6) is 0 Å². The first-order chi connectivity index (χ1) is 19.6. The summed E-state index contributed by atoms with van der Waals surface area (Å²) in [5.74, 6) is -0.683. The van der Waals surface area contributed by atoms with Crippen LogP contribution < -0.4 is 0 Å². The molecule has 0 rings (SSSR count). The molecule has 0 aromatic heterocycles. The fraction of sp³-hybridized carbons (Fsp3) is 0.657. The second-order valence-corrected chi connectivity index (χ2v) is 10.3. The third kappa shape index (κ3) is 28.6. The molecule has 0 aliphatic carbocycles. The number of aliphatic hydroxyl groups excluding tert-OH is 1. The molecule has 0 aliphatic rings. The molecular weight excluding hydrogens is 500 g/mol. The number of allylic oxidation sites excluding steroid dienone is 10. The minimum absolute atomic E-state index is 0.104. The van der Waals surface area contributed by atoms with Crippen molar-refractivity contribution in [2.75, 3.05) is 13.2 Å². The Morgan fingerprint density at radius 1 is 0.600 bits per heavy atom. The molecule has 0 saturated carbocycles. The maximum atomic E-state index is 12.1. The summed E-state index contributed by atoms with van der Waals surface area (Å²) in [4.78, 5) is 24.0. The van der Waals surface area contributed by atoms with Crippen LogP contribution in [0.4, 0.5) is 0 Å². The minimum atomic E-state index is -0.797.